The van der Waals surface area contributed by atoms with Crippen LogP contribution in [0.25, 0.3) is 0 Å². The summed E-state index contributed by atoms with van der Waals surface area (Å²) >= 11 is 0. The van der Waals surface area contributed by atoms with E-state index in [4.69, 9.17) is 4.74 Å². The van der Waals surface area contributed by atoms with Gasteiger partial charge in [0.05, 0.1) is 20.2 Å². The summed E-state index contributed by atoms with van der Waals surface area (Å²) in [6.07, 6.45) is 0. The minimum Gasteiger partial charge on any atom is -0.497 e. The second-order valence-corrected chi connectivity index (χ2v) is 6.05. The first kappa shape index (κ1) is 19.0. The maximum absolute atomic E-state index is 12.0. The largest absolute Gasteiger partial charge is 0.497 e. The number of nitrogens with one attached hydrogen (secondary N) is 2. The molecule has 1 aromatic rings. The molecule has 0 radical (unpaired) electrons. The van der Waals surface area contributed by atoms with E-state index in [1.807, 2.05) is 13.0 Å². The highest BCUT2D eigenvalue weighted by atomic mass is 16.5. The van der Waals surface area contributed by atoms with Crippen LogP contribution in [-0.4, -0.2) is 50.0 Å². The van der Waals surface area contributed by atoms with Crippen LogP contribution in [0.15, 0.2) is 24.3 Å². The predicted octanol–water partition coefficient (Wildman–Crippen LogP) is 1.73. The van der Waals surface area contributed by atoms with Crippen molar-refractivity contribution >= 4 is 17.5 Å². The highest BCUT2D eigenvalue weighted by Crippen LogP contribution is 2.16. The number of ether oxygens (including phenoxy) is 1. The molecule has 128 valence electrons. The van der Waals surface area contributed by atoms with Crippen LogP contribution in [0.4, 0.5) is 5.69 Å². The van der Waals surface area contributed by atoms with E-state index in [-0.39, 0.29) is 30.9 Å². The summed E-state index contributed by atoms with van der Waals surface area (Å²) in [7, 11) is 3.32. The Labute approximate surface area is 138 Å². The fourth-order valence-electron chi connectivity index (χ4n) is 1.91. The van der Waals surface area contributed by atoms with E-state index < -0.39 is 0 Å². The zero-order valence-electron chi connectivity index (χ0n) is 14.6. The molecule has 0 aliphatic carbocycles. The number of carbonyl (C=O) groups is 2. The first-order valence-electron chi connectivity index (χ1n) is 7.73. The lowest BCUT2D eigenvalue weighted by molar-refractivity contribution is -0.123. The van der Waals surface area contributed by atoms with Gasteiger partial charge in [-0.25, -0.2) is 0 Å². The lowest BCUT2D eigenvalue weighted by Gasteiger charge is -2.20. The standard InChI is InChI=1S/C17H27N3O3/c1-12(2)13(3)18-16(21)10-20(4)11-17(22)19-14-7-6-8-15(9-14)23-5/h6-9,12-13H,10-11H2,1-5H3,(H,18,21)(H,19,22)/t13-/m1/s1. The van der Waals surface area contributed by atoms with Gasteiger partial charge in [0.2, 0.25) is 11.8 Å². The fraction of sp³-hybridized carbons (Fsp3) is 0.529. The van der Waals surface area contributed by atoms with Gasteiger partial charge in [0.15, 0.2) is 0 Å². The van der Waals surface area contributed by atoms with Crippen molar-refractivity contribution in [3.63, 3.8) is 0 Å². The molecule has 2 amide bonds. The molecular formula is C17H27N3O3. The number of hydrogen-bond donors (Lipinski definition) is 2. The van der Waals surface area contributed by atoms with E-state index >= 15 is 0 Å². The van der Waals surface area contributed by atoms with E-state index in [1.54, 1.807) is 37.3 Å². The minimum atomic E-state index is -0.175. The number of rotatable bonds is 8. The van der Waals surface area contributed by atoms with Crippen LogP contribution in [0, 0.1) is 5.92 Å². The molecule has 1 atom stereocenters. The highest BCUT2D eigenvalue weighted by Gasteiger charge is 2.14. The average Bonchev–Trinajstić information content (AvgIpc) is 2.46. The third kappa shape index (κ3) is 7.15. The Bertz CT molecular complexity index is 532. The van der Waals surface area contributed by atoms with Gasteiger partial charge in [-0.1, -0.05) is 19.9 Å². The van der Waals surface area contributed by atoms with Crippen molar-refractivity contribution in [2.75, 3.05) is 32.6 Å². The molecule has 6 nitrogen and oxygen atoms in total. The molecule has 0 aliphatic heterocycles. The normalized spacial score (nSPS) is 12.1. The lowest BCUT2D eigenvalue weighted by Crippen LogP contribution is -2.43. The molecule has 0 saturated carbocycles. The van der Waals surface area contributed by atoms with Crippen LogP contribution in [0.1, 0.15) is 20.8 Å². The molecule has 0 spiro atoms. The van der Waals surface area contributed by atoms with Crippen molar-refractivity contribution in [1.29, 1.82) is 0 Å². The molecule has 0 aromatic heterocycles. The molecule has 0 bridgehead atoms. The second-order valence-electron chi connectivity index (χ2n) is 6.05. The van der Waals surface area contributed by atoms with Crippen molar-refractivity contribution in [3.8, 4) is 5.75 Å². The maximum Gasteiger partial charge on any atom is 0.238 e. The number of hydrogen-bond acceptors (Lipinski definition) is 4. The first-order chi connectivity index (χ1) is 10.8. The van der Waals surface area contributed by atoms with Crippen LogP contribution in [0.3, 0.4) is 0 Å². The predicted molar refractivity (Wildman–Crippen MR) is 91.6 cm³/mol. The smallest absolute Gasteiger partial charge is 0.238 e. The summed E-state index contributed by atoms with van der Waals surface area (Å²) in [5, 5.41) is 5.71. The molecule has 2 N–H and O–H groups in total. The van der Waals surface area contributed by atoms with E-state index in [0.29, 0.717) is 17.4 Å². The van der Waals surface area contributed by atoms with Crippen LogP contribution in [0.5, 0.6) is 5.75 Å². The third-order valence-electron chi connectivity index (χ3n) is 3.57. The number of nitrogens with zero attached hydrogens (tertiary/aromatic N) is 1. The molecule has 6 heteroatoms. The van der Waals surface area contributed by atoms with Crippen LogP contribution >= 0.6 is 0 Å². The number of carbonyl (C=O) groups excluding carboxylic acids is 2. The third-order valence-corrected chi connectivity index (χ3v) is 3.57. The van der Waals surface area contributed by atoms with E-state index in [1.165, 1.54) is 0 Å². The zero-order valence-corrected chi connectivity index (χ0v) is 14.6. The minimum absolute atomic E-state index is 0.0807. The molecule has 1 rings (SSSR count). The number of methoxy groups -OCH3 is 1. The van der Waals surface area contributed by atoms with Gasteiger partial charge in [0.25, 0.3) is 0 Å². The van der Waals surface area contributed by atoms with Gasteiger partial charge in [-0.05, 0) is 32.0 Å². The van der Waals surface area contributed by atoms with Gasteiger partial charge in [0, 0.05) is 17.8 Å². The number of amides is 2. The average molecular weight is 321 g/mol. The molecule has 0 saturated heterocycles. The fourth-order valence-corrected chi connectivity index (χ4v) is 1.91. The van der Waals surface area contributed by atoms with Crippen molar-refractivity contribution in [2.24, 2.45) is 5.92 Å². The van der Waals surface area contributed by atoms with E-state index in [0.717, 1.165) is 0 Å². The Balaban J connectivity index is 2.42. The molecule has 1 aromatic carbocycles. The Kier molecular flexibility index (Phi) is 7.54. The molecule has 0 heterocycles. The van der Waals surface area contributed by atoms with Crippen molar-refractivity contribution in [1.82, 2.24) is 10.2 Å². The maximum atomic E-state index is 12.0. The van der Waals surface area contributed by atoms with Crippen LogP contribution in [-0.2, 0) is 9.59 Å². The summed E-state index contributed by atoms with van der Waals surface area (Å²) in [6.45, 7) is 6.40. The summed E-state index contributed by atoms with van der Waals surface area (Å²) in [5.74, 6) is 0.798. The van der Waals surface area contributed by atoms with Gasteiger partial charge >= 0.3 is 0 Å². The van der Waals surface area contributed by atoms with Crippen LogP contribution < -0.4 is 15.4 Å². The summed E-state index contributed by atoms with van der Waals surface area (Å²) < 4.78 is 5.11. The summed E-state index contributed by atoms with van der Waals surface area (Å²) in [6, 6.07) is 7.26. The SMILES string of the molecule is COc1cccc(NC(=O)CN(C)CC(=O)N[C@H](C)C(C)C)c1. The monoisotopic (exact) mass is 321 g/mol. The Morgan fingerprint density at radius 3 is 2.43 bits per heavy atom. The van der Waals surface area contributed by atoms with E-state index in [9.17, 15) is 9.59 Å². The lowest BCUT2D eigenvalue weighted by atomic mass is 10.1. The quantitative estimate of drug-likeness (QED) is 0.765. The number of benzene rings is 1. The van der Waals surface area contributed by atoms with Crippen molar-refractivity contribution in [2.45, 2.75) is 26.8 Å². The Morgan fingerprint density at radius 1 is 1.17 bits per heavy atom. The van der Waals surface area contributed by atoms with Gasteiger partial charge < -0.3 is 15.4 Å². The first-order valence-corrected chi connectivity index (χ1v) is 7.73. The topological polar surface area (TPSA) is 70.7 Å². The van der Waals surface area contributed by atoms with E-state index in [2.05, 4.69) is 24.5 Å². The molecule has 0 fully saturated rings. The Morgan fingerprint density at radius 2 is 1.83 bits per heavy atom. The van der Waals surface area contributed by atoms with Gasteiger partial charge in [-0.3, -0.25) is 14.5 Å². The van der Waals surface area contributed by atoms with Crippen molar-refractivity contribution in [3.05, 3.63) is 24.3 Å². The zero-order chi connectivity index (χ0) is 17.4. The highest BCUT2D eigenvalue weighted by molar-refractivity contribution is 5.92. The second kappa shape index (κ2) is 9.15. The van der Waals surface area contributed by atoms with Crippen molar-refractivity contribution < 1.29 is 14.3 Å². The number of likely N-dealkylation sites (N-methyl/N-ethyl adjacent to an activating group) is 1. The van der Waals surface area contributed by atoms with Crippen LogP contribution in [0.2, 0.25) is 0 Å². The summed E-state index contributed by atoms with van der Waals surface area (Å²) in [4.78, 5) is 25.6. The Hall–Kier alpha value is -2.08. The molecule has 0 unspecified atom stereocenters. The molecule has 0 aliphatic rings. The molecule has 23 heavy (non-hydrogen) atoms. The van der Waals surface area contributed by atoms with Gasteiger partial charge in [-0.2, -0.15) is 0 Å². The molecular weight excluding hydrogens is 294 g/mol. The summed E-state index contributed by atoms with van der Waals surface area (Å²) in [5.41, 5.74) is 0.667. The van der Waals surface area contributed by atoms with Gasteiger partial charge in [0.1, 0.15) is 5.75 Å². The van der Waals surface area contributed by atoms with Gasteiger partial charge in [-0.15, -0.1) is 0 Å². The number of anilines is 1.